The number of aryl methyl sites for hydroxylation is 2. The van der Waals surface area contributed by atoms with Crippen LogP contribution in [0, 0.1) is 12.7 Å². The van der Waals surface area contributed by atoms with Crippen LogP contribution < -0.4 is 0 Å². The average molecular weight is 234 g/mol. The minimum atomic E-state index is -0.619. The van der Waals surface area contributed by atoms with Gasteiger partial charge in [-0.25, -0.2) is 9.37 Å². The summed E-state index contributed by atoms with van der Waals surface area (Å²) in [6.45, 7) is 1.84. The number of benzene rings is 1. The summed E-state index contributed by atoms with van der Waals surface area (Å²) in [5, 5.41) is 10.1. The maximum absolute atomic E-state index is 12.9. The molecule has 4 heteroatoms. The lowest BCUT2D eigenvalue weighted by atomic mass is 10.0. The molecule has 0 saturated carbocycles. The van der Waals surface area contributed by atoms with Gasteiger partial charge in [-0.15, -0.1) is 0 Å². The summed E-state index contributed by atoms with van der Waals surface area (Å²) in [6.07, 6.45) is 3.14. The van der Waals surface area contributed by atoms with E-state index in [1.807, 2.05) is 14.0 Å². The lowest BCUT2D eigenvalue weighted by Crippen LogP contribution is -2.07. The Morgan fingerprint density at radius 2 is 2.24 bits per heavy atom. The van der Waals surface area contributed by atoms with Gasteiger partial charge in [0.2, 0.25) is 0 Å². The molecule has 0 spiro atoms. The summed E-state index contributed by atoms with van der Waals surface area (Å²) in [5.41, 5.74) is 2.56. The summed E-state index contributed by atoms with van der Waals surface area (Å²) < 4.78 is 14.7. The number of hydrogen-bond acceptors (Lipinski definition) is 2. The van der Waals surface area contributed by atoms with Gasteiger partial charge in [0.15, 0.2) is 0 Å². The summed E-state index contributed by atoms with van der Waals surface area (Å²) in [6, 6.07) is 4.61. The largest absolute Gasteiger partial charge is 0.386 e. The Labute approximate surface area is 99.5 Å². The predicted octanol–water partition coefficient (Wildman–Crippen LogP) is 2.14. The predicted molar refractivity (Wildman–Crippen MR) is 63.0 cm³/mol. The lowest BCUT2D eigenvalue weighted by molar-refractivity contribution is 0.170. The van der Waals surface area contributed by atoms with Crippen LogP contribution in [0.4, 0.5) is 4.39 Å². The van der Waals surface area contributed by atoms with E-state index >= 15 is 0 Å². The van der Waals surface area contributed by atoms with Crippen LogP contribution in [0.2, 0.25) is 0 Å². The van der Waals surface area contributed by atoms with E-state index in [0.717, 1.165) is 16.8 Å². The van der Waals surface area contributed by atoms with Gasteiger partial charge in [-0.2, -0.15) is 0 Å². The van der Waals surface area contributed by atoms with Crippen molar-refractivity contribution in [3.05, 3.63) is 53.4 Å². The molecule has 1 atom stereocenters. The van der Waals surface area contributed by atoms with Gasteiger partial charge in [0.05, 0.1) is 24.3 Å². The van der Waals surface area contributed by atoms with Crippen molar-refractivity contribution < 1.29 is 9.50 Å². The van der Waals surface area contributed by atoms with Crippen molar-refractivity contribution >= 4 is 0 Å². The Balaban J connectivity index is 2.19. The molecule has 17 heavy (non-hydrogen) atoms. The number of aliphatic hydroxyl groups is 1. The molecule has 2 rings (SSSR count). The molecular weight excluding hydrogens is 219 g/mol. The van der Waals surface area contributed by atoms with Gasteiger partial charge in [0.1, 0.15) is 5.82 Å². The minimum Gasteiger partial charge on any atom is -0.386 e. The SMILES string of the molecule is Cc1cc(F)ccc1CC(O)c1cncn1C. The molecular formula is C13H15FN2O. The van der Waals surface area contributed by atoms with Crippen LogP contribution in [0.5, 0.6) is 0 Å². The first-order valence-electron chi connectivity index (χ1n) is 5.47. The number of rotatable bonds is 3. The van der Waals surface area contributed by atoms with E-state index in [-0.39, 0.29) is 5.82 Å². The fourth-order valence-corrected chi connectivity index (χ4v) is 1.89. The van der Waals surface area contributed by atoms with E-state index in [1.54, 1.807) is 23.2 Å². The standard InChI is InChI=1S/C13H15FN2O/c1-9-5-11(14)4-3-10(9)6-13(17)12-7-15-8-16(12)2/h3-5,7-8,13,17H,6H2,1-2H3. The first-order valence-corrected chi connectivity index (χ1v) is 5.47. The second kappa shape index (κ2) is 4.67. The van der Waals surface area contributed by atoms with Crippen LogP contribution in [0.15, 0.2) is 30.7 Å². The molecule has 0 bridgehead atoms. The van der Waals surface area contributed by atoms with Gasteiger partial charge >= 0.3 is 0 Å². The van der Waals surface area contributed by atoms with E-state index in [1.165, 1.54) is 12.1 Å². The smallest absolute Gasteiger partial charge is 0.123 e. The third-order valence-electron chi connectivity index (χ3n) is 2.91. The average Bonchev–Trinajstić information content (AvgIpc) is 2.68. The molecule has 90 valence electrons. The van der Waals surface area contributed by atoms with Crippen molar-refractivity contribution in [3.8, 4) is 0 Å². The molecule has 1 heterocycles. The van der Waals surface area contributed by atoms with E-state index in [9.17, 15) is 9.50 Å². The fraction of sp³-hybridized carbons (Fsp3) is 0.308. The van der Waals surface area contributed by atoms with Crippen LogP contribution in [-0.2, 0) is 13.5 Å². The summed E-state index contributed by atoms with van der Waals surface area (Å²) in [5.74, 6) is -0.249. The van der Waals surface area contributed by atoms with Gasteiger partial charge in [-0.3, -0.25) is 0 Å². The Morgan fingerprint density at radius 1 is 1.47 bits per heavy atom. The van der Waals surface area contributed by atoms with Gasteiger partial charge in [-0.05, 0) is 30.2 Å². The molecule has 0 amide bonds. The number of hydrogen-bond donors (Lipinski definition) is 1. The Morgan fingerprint density at radius 3 is 2.82 bits per heavy atom. The third-order valence-corrected chi connectivity index (χ3v) is 2.91. The molecule has 0 aliphatic heterocycles. The molecule has 1 aromatic carbocycles. The topological polar surface area (TPSA) is 38.1 Å². The molecule has 0 aliphatic rings. The highest BCUT2D eigenvalue weighted by Crippen LogP contribution is 2.20. The zero-order valence-electron chi connectivity index (χ0n) is 9.89. The Bertz CT molecular complexity index is 522. The Kier molecular flexibility index (Phi) is 3.24. The van der Waals surface area contributed by atoms with Crippen LogP contribution in [0.1, 0.15) is 22.9 Å². The fourth-order valence-electron chi connectivity index (χ4n) is 1.89. The molecule has 1 unspecified atom stereocenters. The van der Waals surface area contributed by atoms with Crippen LogP contribution in [-0.4, -0.2) is 14.7 Å². The molecule has 0 aliphatic carbocycles. The normalized spacial score (nSPS) is 12.7. The maximum Gasteiger partial charge on any atom is 0.123 e. The number of aromatic nitrogens is 2. The molecule has 2 aromatic rings. The number of halogens is 1. The van der Waals surface area contributed by atoms with E-state index < -0.39 is 6.10 Å². The highest BCUT2D eigenvalue weighted by Gasteiger charge is 2.13. The quantitative estimate of drug-likeness (QED) is 0.883. The van der Waals surface area contributed by atoms with Gasteiger partial charge < -0.3 is 9.67 Å². The number of imidazole rings is 1. The van der Waals surface area contributed by atoms with Crippen molar-refractivity contribution in [2.75, 3.05) is 0 Å². The van der Waals surface area contributed by atoms with E-state index in [2.05, 4.69) is 4.98 Å². The zero-order valence-corrected chi connectivity index (χ0v) is 9.89. The minimum absolute atomic E-state index is 0.249. The molecule has 0 fully saturated rings. The van der Waals surface area contributed by atoms with Crippen LogP contribution in [0.25, 0.3) is 0 Å². The molecule has 0 saturated heterocycles. The van der Waals surface area contributed by atoms with Crippen molar-refractivity contribution in [1.82, 2.24) is 9.55 Å². The Hall–Kier alpha value is -1.68. The zero-order chi connectivity index (χ0) is 12.4. The van der Waals surface area contributed by atoms with Gasteiger partial charge in [0.25, 0.3) is 0 Å². The second-order valence-corrected chi connectivity index (χ2v) is 4.22. The van der Waals surface area contributed by atoms with Gasteiger partial charge in [-0.1, -0.05) is 6.07 Å². The van der Waals surface area contributed by atoms with E-state index in [0.29, 0.717) is 6.42 Å². The van der Waals surface area contributed by atoms with E-state index in [4.69, 9.17) is 0 Å². The maximum atomic E-state index is 12.9. The van der Waals surface area contributed by atoms with Crippen molar-refractivity contribution in [2.45, 2.75) is 19.4 Å². The summed E-state index contributed by atoms with van der Waals surface area (Å²) >= 11 is 0. The summed E-state index contributed by atoms with van der Waals surface area (Å²) in [7, 11) is 1.84. The van der Waals surface area contributed by atoms with Crippen molar-refractivity contribution in [1.29, 1.82) is 0 Å². The van der Waals surface area contributed by atoms with Crippen molar-refractivity contribution in [2.24, 2.45) is 7.05 Å². The number of aliphatic hydroxyl groups excluding tert-OH is 1. The lowest BCUT2D eigenvalue weighted by Gasteiger charge is -2.13. The van der Waals surface area contributed by atoms with Crippen molar-refractivity contribution in [3.63, 3.8) is 0 Å². The molecule has 1 aromatic heterocycles. The molecule has 0 radical (unpaired) electrons. The van der Waals surface area contributed by atoms with Crippen LogP contribution in [0.3, 0.4) is 0 Å². The monoisotopic (exact) mass is 234 g/mol. The number of nitrogens with zero attached hydrogens (tertiary/aromatic N) is 2. The first-order chi connectivity index (χ1) is 8.08. The van der Waals surface area contributed by atoms with Crippen LogP contribution >= 0.6 is 0 Å². The van der Waals surface area contributed by atoms with Gasteiger partial charge in [0, 0.05) is 13.5 Å². The first kappa shape index (κ1) is 11.8. The summed E-state index contributed by atoms with van der Waals surface area (Å²) in [4.78, 5) is 3.96. The second-order valence-electron chi connectivity index (χ2n) is 4.22. The molecule has 3 nitrogen and oxygen atoms in total. The third kappa shape index (κ3) is 2.53. The molecule has 1 N–H and O–H groups in total. The highest BCUT2D eigenvalue weighted by atomic mass is 19.1. The highest BCUT2D eigenvalue weighted by molar-refractivity contribution is 5.28.